The first kappa shape index (κ1) is 3.58. The normalized spacial score (nSPS) is 3.25. The van der Waals surface area contributed by atoms with E-state index in [0.29, 0.717) is 0 Å². The van der Waals surface area contributed by atoms with Crippen molar-refractivity contribution in [3.8, 4) is 5.53 Å². The van der Waals surface area contributed by atoms with E-state index >= 15 is 0 Å². The van der Waals surface area contributed by atoms with Crippen LogP contribution >= 0.6 is 11.6 Å². The van der Waals surface area contributed by atoms with Crippen LogP contribution in [0.3, 0.4) is 0 Å². The van der Waals surface area contributed by atoms with E-state index in [1.807, 2.05) is 5.01 Å². The fourth-order valence-electron chi connectivity index (χ4n) is 0. The number of nitrogens with zero attached hydrogens (tertiary/aromatic N) is 1. The molecule has 22 valence electrons. The highest BCUT2D eigenvalue weighted by Crippen LogP contribution is 1.60. The second-order valence-electron chi connectivity index (χ2n) is 0.176. The quantitative estimate of drug-likeness (QED) is 0.397. The molecule has 0 unspecified atom stereocenters. The van der Waals surface area contributed by atoms with E-state index in [0.717, 1.165) is 0 Å². The van der Waals surface area contributed by atoms with Crippen molar-refractivity contribution in [3.63, 3.8) is 0 Å². The van der Waals surface area contributed by atoms with E-state index in [1.54, 1.807) is 0 Å². The highest BCUT2D eigenvalue weighted by atomic mass is 35.5. The van der Waals surface area contributed by atoms with Crippen molar-refractivity contribution in [2.45, 2.75) is 0 Å². The van der Waals surface area contributed by atoms with Gasteiger partial charge < -0.3 is 5.21 Å². The summed E-state index contributed by atoms with van der Waals surface area (Å²) in [4.78, 5) is 0. The predicted molar refractivity (Wildman–Crippen MR) is 16.5 cm³/mol. The summed E-state index contributed by atoms with van der Waals surface area (Å²) in [7, 11) is 0. The summed E-state index contributed by atoms with van der Waals surface area (Å²) in [5.74, 6) is 0. The zero-order valence-electron chi connectivity index (χ0n) is 1.73. The third-order valence-corrected chi connectivity index (χ3v) is 0.104. The van der Waals surface area contributed by atoms with Crippen LogP contribution in [0.4, 0.5) is 0 Å². The van der Waals surface area contributed by atoms with Crippen LogP contribution in [0.25, 0.3) is 5.01 Å². The topological polar surface area (TPSA) is 27.4 Å². The fourth-order valence-corrected chi connectivity index (χ4v) is 0. The van der Waals surface area contributed by atoms with Gasteiger partial charge in [0.25, 0.3) is 0 Å². The monoisotopic (exact) mass is 77.0 g/mol. The first-order valence-electron chi connectivity index (χ1n) is 0.595. The van der Waals surface area contributed by atoms with Gasteiger partial charge in [0, 0.05) is 5.01 Å². The summed E-state index contributed by atoms with van der Waals surface area (Å²) in [6, 6.07) is 0. The van der Waals surface area contributed by atoms with Crippen molar-refractivity contribution in [2.75, 3.05) is 0 Å². The van der Waals surface area contributed by atoms with Gasteiger partial charge in [-0.1, -0.05) is 0 Å². The third-order valence-electron chi connectivity index (χ3n) is 0.0345. The van der Waals surface area contributed by atoms with Crippen molar-refractivity contribution in [1.29, 1.82) is 0 Å². The third kappa shape index (κ3) is 1.58. The first-order chi connectivity index (χ1) is 1.91. The van der Waals surface area contributed by atoms with Gasteiger partial charge in [-0.05, 0) is 0 Å². The van der Waals surface area contributed by atoms with Crippen molar-refractivity contribution < 1.29 is 0 Å². The highest BCUT2D eigenvalue weighted by Gasteiger charge is 1.48. The van der Waals surface area contributed by atoms with Crippen LogP contribution < -0.4 is 0 Å². The fraction of sp³-hybridized carbons (Fsp3) is 0. The van der Waals surface area contributed by atoms with E-state index in [-0.39, 0.29) is 0 Å². The van der Waals surface area contributed by atoms with Gasteiger partial charge in [-0.3, -0.25) is 0 Å². The predicted octanol–water partition coefficient (Wildman–Crippen LogP) is 1.01. The van der Waals surface area contributed by atoms with Crippen molar-refractivity contribution in [3.05, 3.63) is 10.2 Å². The van der Waals surface area contributed by atoms with E-state index in [2.05, 4.69) is 11.6 Å². The molecule has 0 aliphatic heterocycles. The molecule has 0 saturated carbocycles. The van der Waals surface area contributed by atoms with E-state index in [9.17, 15) is 0 Å². The molecule has 0 aliphatic carbocycles. The molecule has 0 bridgehead atoms. The Labute approximate surface area is 28.4 Å². The SMILES string of the molecule is [O-][N+]#CCl. The summed E-state index contributed by atoms with van der Waals surface area (Å²) in [6.07, 6.45) is 0. The molecular weight excluding hydrogens is 77.5 g/mol. The largest absolute Gasteiger partial charge is 0.497 e. The Morgan fingerprint density at radius 1 is 2.00 bits per heavy atom. The molecule has 0 amide bonds. The first-order valence-corrected chi connectivity index (χ1v) is 0.973. The Balaban J connectivity index is 2.83. The highest BCUT2D eigenvalue weighted by molar-refractivity contribution is 6.29. The van der Waals surface area contributed by atoms with Crippen LogP contribution in [0.15, 0.2) is 0 Å². The number of hydrogen-bond donors (Lipinski definition) is 0. The second-order valence-corrected chi connectivity index (χ2v) is 0.345. The van der Waals surface area contributed by atoms with Crippen molar-refractivity contribution >= 4 is 11.6 Å². The Kier molecular flexibility index (Phi) is 2.31. The lowest BCUT2D eigenvalue weighted by molar-refractivity contribution is 2.23. The summed E-state index contributed by atoms with van der Waals surface area (Å²) in [5.41, 5.74) is 1.47. The molecule has 0 aromatic rings. The molecule has 0 heterocycles. The van der Waals surface area contributed by atoms with Gasteiger partial charge in [0.2, 0.25) is 0 Å². The Morgan fingerprint density at radius 3 is 2.25 bits per heavy atom. The average molecular weight is 77.5 g/mol. The van der Waals surface area contributed by atoms with Crippen LogP contribution in [0.1, 0.15) is 0 Å². The van der Waals surface area contributed by atoms with Gasteiger partial charge >= 0.3 is 5.53 Å². The van der Waals surface area contributed by atoms with Gasteiger partial charge in [0.05, 0.1) is 11.6 Å². The van der Waals surface area contributed by atoms with E-state index in [4.69, 9.17) is 5.21 Å². The van der Waals surface area contributed by atoms with Crippen molar-refractivity contribution in [2.24, 2.45) is 0 Å². The molecule has 0 fully saturated rings. The number of hydrogen-bond acceptors (Lipinski definition) is 1. The molecule has 0 spiro atoms. The summed E-state index contributed by atoms with van der Waals surface area (Å²) in [6.45, 7) is 0. The summed E-state index contributed by atoms with van der Waals surface area (Å²) < 4.78 is 0. The molecule has 0 aromatic carbocycles. The van der Waals surface area contributed by atoms with Gasteiger partial charge in [-0.15, -0.1) is 0 Å². The zero-order valence-corrected chi connectivity index (χ0v) is 2.49. The van der Waals surface area contributed by atoms with Crippen LogP contribution in [0, 0.1) is 10.7 Å². The molecule has 0 rings (SSSR count). The maximum Gasteiger partial charge on any atom is 0.414 e. The molecule has 3 heteroatoms. The standard InChI is InChI=1S/CClNO/c2-1-3-4. The molecule has 0 atom stereocenters. The van der Waals surface area contributed by atoms with Gasteiger partial charge in [0.1, 0.15) is 0 Å². The minimum absolute atomic E-state index is 1.47. The van der Waals surface area contributed by atoms with Gasteiger partial charge in [-0.25, -0.2) is 0 Å². The van der Waals surface area contributed by atoms with Crippen molar-refractivity contribution in [1.82, 2.24) is 0 Å². The smallest absolute Gasteiger partial charge is 0.414 e. The Bertz CT molecular complexity index is 44.8. The lowest BCUT2D eigenvalue weighted by Gasteiger charge is -1.39. The second kappa shape index (κ2) is 2.58. The van der Waals surface area contributed by atoms with Crippen LogP contribution in [0.5, 0.6) is 0 Å². The molecular formula is CClNO. The molecule has 0 aliphatic rings. The van der Waals surface area contributed by atoms with E-state index in [1.165, 1.54) is 5.53 Å². The molecule has 0 N–H and O–H groups in total. The van der Waals surface area contributed by atoms with Crippen LogP contribution in [0.2, 0.25) is 0 Å². The average Bonchev–Trinajstić information content (AvgIpc) is 1.37. The zero-order chi connectivity index (χ0) is 3.41. The molecule has 0 radical (unpaired) electrons. The van der Waals surface area contributed by atoms with Gasteiger partial charge in [0.15, 0.2) is 0 Å². The molecule has 2 nitrogen and oxygen atoms in total. The minimum atomic E-state index is 1.47. The van der Waals surface area contributed by atoms with Crippen LogP contribution in [-0.4, -0.2) is 0 Å². The maximum atomic E-state index is 8.68. The summed E-state index contributed by atoms with van der Waals surface area (Å²) in [5, 5.41) is 10.7. The number of halogens is 1. The molecule has 0 saturated heterocycles. The van der Waals surface area contributed by atoms with Gasteiger partial charge in [-0.2, -0.15) is 0 Å². The van der Waals surface area contributed by atoms with Crippen LogP contribution in [-0.2, 0) is 0 Å². The van der Waals surface area contributed by atoms with E-state index < -0.39 is 0 Å². The Hall–Kier alpha value is -0.420. The Morgan fingerprint density at radius 2 is 2.25 bits per heavy atom. The summed E-state index contributed by atoms with van der Waals surface area (Å²) >= 11 is 4.46. The lowest BCUT2D eigenvalue weighted by Crippen LogP contribution is -1.13. The minimum Gasteiger partial charge on any atom is -0.497 e. The number of rotatable bonds is 0. The lowest BCUT2D eigenvalue weighted by atomic mass is 11.8. The molecule has 4 heavy (non-hydrogen) atoms. The molecule has 0 aromatic heterocycles. The maximum absolute atomic E-state index is 8.68.